The van der Waals surface area contributed by atoms with Crippen LogP contribution >= 0.6 is 0 Å². The molecule has 0 aliphatic carbocycles. The van der Waals surface area contributed by atoms with Crippen molar-refractivity contribution in [1.29, 1.82) is 0 Å². The SMILES string of the molecule is Cc1cc(N)cc(N(C)CC2(O)CCOCC2)c1. The second-order valence-electron chi connectivity index (χ2n) is 5.29. The van der Waals surface area contributed by atoms with Crippen LogP contribution in [-0.4, -0.2) is 37.5 Å². The van der Waals surface area contributed by atoms with E-state index in [1.165, 1.54) is 0 Å². The third-order valence-corrected chi connectivity index (χ3v) is 3.48. The summed E-state index contributed by atoms with van der Waals surface area (Å²) >= 11 is 0. The largest absolute Gasteiger partial charge is 0.399 e. The average Bonchev–Trinajstić information content (AvgIpc) is 2.28. The van der Waals surface area contributed by atoms with E-state index in [2.05, 4.69) is 11.0 Å². The summed E-state index contributed by atoms with van der Waals surface area (Å²) in [5, 5.41) is 10.5. The molecule has 18 heavy (non-hydrogen) atoms. The molecule has 0 aromatic heterocycles. The zero-order valence-corrected chi connectivity index (χ0v) is 11.1. The molecule has 0 unspecified atom stereocenters. The predicted molar refractivity (Wildman–Crippen MR) is 73.9 cm³/mol. The van der Waals surface area contributed by atoms with Gasteiger partial charge in [0.25, 0.3) is 0 Å². The first-order valence-corrected chi connectivity index (χ1v) is 6.37. The first kappa shape index (κ1) is 13.2. The van der Waals surface area contributed by atoms with Gasteiger partial charge in [-0.1, -0.05) is 0 Å². The monoisotopic (exact) mass is 250 g/mol. The minimum atomic E-state index is -0.647. The lowest BCUT2D eigenvalue weighted by Crippen LogP contribution is -2.45. The quantitative estimate of drug-likeness (QED) is 0.799. The van der Waals surface area contributed by atoms with E-state index in [4.69, 9.17) is 10.5 Å². The Labute approximate surface area is 108 Å². The minimum Gasteiger partial charge on any atom is -0.399 e. The van der Waals surface area contributed by atoms with Crippen molar-refractivity contribution < 1.29 is 9.84 Å². The zero-order valence-electron chi connectivity index (χ0n) is 11.1. The minimum absolute atomic E-state index is 0.610. The van der Waals surface area contributed by atoms with Gasteiger partial charge in [0.1, 0.15) is 0 Å². The first-order chi connectivity index (χ1) is 8.48. The molecule has 4 nitrogen and oxygen atoms in total. The Morgan fingerprint density at radius 1 is 1.33 bits per heavy atom. The Morgan fingerprint density at radius 2 is 2.00 bits per heavy atom. The van der Waals surface area contributed by atoms with Crippen LogP contribution in [0.15, 0.2) is 18.2 Å². The lowest BCUT2D eigenvalue weighted by Gasteiger charge is -2.36. The molecule has 2 rings (SSSR count). The Balaban J connectivity index is 2.08. The number of nitrogens with zero attached hydrogens (tertiary/aromatic N) is 1. The molecule has 100 valence electrons. The van der Waals surface area contributed by atoms with Gasteiger partial charge in [-0.25, -0.2) is 0 Å². The molecule has 0 spiro atoms. The van der Waals surface area contributed by atoms with E-state index < -0.39 is 5.60 Å². The summed E-state index contributed by atoms with van der Waals surface area (Å²) in [4.78, 5) is 2.06. The summed E-state index contributed by atoms with van der Waals surface area (Å²) in [6.07, 6.45) is 1.39. The zero-order chi connectivity index (χ0) is 13.2. The van der Waals surface area contributed by atoms with Crippen LogP contribution in [0.25, 0.3) is 0 Å². The molecule has 3 N–H and O–H groups in total. The molecule has 4 heteroatoms. The highest BCUT2D eigenvalue weighted by Crippen LogP contribution is 2.25. The molecule has 0 amide bonds. The maximum atomic E-state index is 10.5. The Morgan fingerprint density at radius 3 is 2.61 bits per heavy atom. The van der Waals surface area contributed by atoms with Crippen molar-refractivity contribution in [2.45, 2.75) is 25.4 Å². The second-order valence-corrected chi connectivity index (χ2v) is 5.29. The number of hydrogen-bond acceptors (Lipinski definition) is 4. The Bertz CT molecular complexity index is 394. The highest BCUT2D eigenvalue weighted by atomic mass is 16.5. The van der Waals surface area contributed by atoms with E-state index in [0.29, 0.717) is 32.6 Å². The van der Waals surface area contributed by atoms with Gasteiger partial charge in [-0.15, -0.1) is 0 Å². The summed E-state index contributed by atoms with van der Waals surface area (Å²) in [6, 6.07) is 5.97. The van der Waals surface area contributed by atoms with E-state index >= 15 is 0 Å². The van der Waals surface area contributed by atoms with Crippen molar-refractivity contribution in [3.63, 3.8) is 0 Å². The van der Waals surface area contributed by atoms with Crippen molar-refractivity contribution in [1.82, 2.24) is 0 Å². The molecule has 1 fully saturated rings. The lowest BCUT2D eigenvalue weighted by molar-refractivity contribution is -0.0572. The van der Waals surface area contributed by atoms with Gasteiger partial charge in [-0.3, -0.25) is 0 Å². The van der Waals surface area contributed by atoms with Crippen LogP contribution in [0.5, 0.6) is 0 Å². The van der Waals surface area contributed by atoms with Crippen molar-refractivity contribution in [2.75, 3.05) is 37.4 Å². The van der Waals surface area contributed by atoms with Crippen LogP contribution in [0.4, 0.5) is 11.4 Å². The predicted octanol–water partition coefficient (Wildman–Crippen LogP) is 1.55. The summed E-state index contributed by atoms with van der Waals surface area (Å²) in [7, 11) is 1.99. The van der Waals surface area contributed by atoms with Crippen LogP contribution in [0.1, 0.15) is 18.4 Å². The molecule has 1 aromatic rings. The molecule has 1 saturated heterocycles. The molecule has 1 aliphatic rings. The summed E-state index contributed by atoms with van der Waals surface area (Å²) in [5.41, 5.74) is 8.15. The van der Waals surface area contributed by atoms with Crippen molar-refractivity contribution >= 4 is 11.4 Å². The van der Waals surface area contributed by atoms with Gasteiger partial charge in [0.05, 0.1) is 5.60 Å². The van der Waals surface area contributed by atoms with Gasteiger partial charge in [-0.05, 0) is 30.7 Å². The fourth-order valence-electron chi connectivity index (χ4n) is 2.45. The molecular weight excluding hydrogens is 228 g/mol. The Kier molecular flexibility index (Phi) is 3.78. The van der Waals surface area contributed by atoms with Crippen LogP contribution in [0, 0.1) is 6.92 Å². The summed E-state index contributed by atoms with van der Waals surface area (Å²) < 4.78 is 5.29. The van der Waals surface area contributed by atoms with Gasteiger partial charge in [0.15, 0.2) is 0 Å². The maximum Gasteiger partial charge on any atom is 0.0865 e. The van der Waals surface area contributed by atoms with Gasteiger partial charge < -0.3 is 20.5 Å². The fraction of sp³-hybridized carbons (Fsp3) is 0.571. The highest BCUT2D eigenvalue weighted by Gasteiger charge is 2.31. The number of nitrogen functional groups attached to an aromatic ring is 1. The summed E-state index contributed by atoms with van der Waals surface area (Å²) in [5.74, 6) is 0. The second kappa shape index (κ2) is 5.16. The van der Waals surface area contributed by atoms with E-state index in [9.17, 15) is 5.11 Å². The first-order valence-electron chi connectivity index (χ1n) is 6.37. The van der Waals surface area contributed by atoms with Crippen molar-refractivity contribution in [3.05, 3.63) is 23.8 Å². The van der Waals surface area contributed by atoms with Crippen molar-refractivity contribution in [3.8, 4) is 0 Å². The van der Waals surface area contributed by atoms with E-state index in [-0.39, 0.29) is 0 Å². The topological polar surface area (TPSA) is 58.7 Å². The molecule has 1 heterocycles. The molecule has 0 atom stereocenters. The maximum absolute atomic E-state index is 10.5. The number of hydrogen-bond donors (Lipinski definition) is 2. The smallest absolute Gasteiger partial charge is 0.0865 e. The van der Waals surface area contributed by atoms with E-state index in [1.54, 1.807) is 0 Å². The number of likely N-dealkylation sites (N-methyl/N-ethyl adjacent to an activating group) is 1. The van der Waals surface area contributed by atoms with Crippen molar-refractivity contribution in [2.24, 2.45) is 0 Å². The van der Waals surface area contributed by atoms with Crippen LogP contribution in [0.3, 0.4) is 0 Å². The lowest BCUT2D eigenvalue weighted by atomic mass is 9.93. The van der Waals surface area contributed by atoms with Gasteiger partial charge >= 0.3 is 0 Å². The number of anilines is 2. The van der Waals surface area contributed by atoms with Gasteiger partial charge in [0.2, 0.25) is 0 Å². The number of benzene rings is 1. The molecule has 1 aromatic carbocycles. The van der Waals surface area contributed by atoms with Crippen LogP contribution < -0.4 is 10.6 Å². The Hall–Kier alpha value is -1.26. The fourth-order valence-corrected chi connectivity index (χ4v) is 2.45. The normalized spacial score (nSPS) is 18.6. The number of nitrogens with two attached hydrogens (primary N) is 1. The third kappa shape index (κ3) is 3.15. The number of aliphatic hydroxyl groups is 1. The molecular formula is C14H22N2O2. The van der Waals surface area contributed by atoms with E-state index in [1.807, 2.05) is 26.1 Å². The van der Waals surface area contributed by atoms with Crippen LogP contribution in [-0.2, 0) is 4.74 Å². The molecule has 0 saturated carbocycles. The van der Waals surface area contributed by atoms with Crippen LogP contribution in [0.2, 0.25) is 0 Å². The van der Waals surface area contributed by atoms with Gasteiger partial charge in [0, 0.05) is 51.0 Å². The number of ether oxygens (including phenoxy) is 1. The number of aryl methyl sites for hydroxylation is 1. The molecule has 0 bridgehead atoms. The molecule has 0 radical (unpaired) electrons. The third-order valence-electron chi connectivity index (χ3n) is 3.48. The van der Waals surface area contributed by atoms with E-state index in [0.717, 1.165) is 16.9 Å². The summed E-state index contributed by atoms with van der Waals surface area (Å²) in [6.45, 7) is 3.91. The standard InChI is InChI=1S/C14H22N2O2/c1-11-7-12(15)9-13(8-11)16(2)10-14(17)3-5-18-6-4-14/h7-9,17H,3-6,10,15H2,1-2H3. The average molecular weight is 250 g/mol. The molecule has 1 aliphatic heterocycles. The highest BCUT2D eigenvalue weighted by molar-refractivity contribution is 5.58. The van der Waals surface area contributed by atoms with Gasteiger partial charge in [-0.2, -0.15) is 0 Å². The number of rotatable bonds is 3.